The van der Waals surface area contributed by atoms with Gasteiger partial charge in [0.25, 0.3) is 0 Å². The van der Waals surface area contributed by atoms with Crippen LogP contribution in [0.5, 0.6) is 0 Å². The molecule has 0 aliphatic carbocycles. The van der Waals surface area contributed by atoms with Crippen molar-refractivity contribution >= 4 is 97.4 Å². The van der Waals surface area contributed by atoms with E-state index in [2.05, 4.69) is 102 Å². The van der Waals surface area contributed by atoms with Crippen LogP contribution in [0.1, 0.15) is 63.9 Å². The van der Waals surface area contributed by atoms with Crippen LogP contribution in [0.15, 0.2) is 156 Å². The Morgan fingerprint density at radius 1 is 0.630 bits per heavy atom. The summed E-state index contributed by atoms with van der Waals surface area (Å²) in [6.07, 6.45) is 6.63. The van der Waals surface area contributed by atoms with Gasteiger partial charge in [-0.3, -0.25) is 4.99 Å². The van der Waals surface area contributed by atoms with E-state index in [4.69, 9.17) is 9.84 Å². The third-order valence-corrected chi connectivity index (χ3v) is 10.8. The molecule has 0 amide bonds. The number of hydrogen-bond donors (Lipinski definition) is 1. The number of aliphatic imine (C=N–C) groups is 1. The summed E-state index contributed by atoms with van der Waals surface area (Å²) in [6.45, 7) is 3.88. The molecule has 1 fully saturated rings. The minimum Gasteiger partial charge on any atom is -0.478 e. The van der Waals surface area contributed by atoms with Crippen LogP contribution in [0.3, 0.4) is 0 Å². The molecule has 6 nitrogen and oxygen atoms in total. The second kappa shape index (κ2) is 26.7. The van der Waals surface area contributed by atoms with Gasteiger partial charge in [-0.25, -0.2) is 9.59 Å². The van der Waals surface area contributed by atoms with Gasteiger partial charge in [-0.05, 0) is 98.6 Å². The zero-order valence-electron chi connectivity index (χ0n) is 29.7. The predicted octanol–water partition coefficient (Wildman–Crippen LogP) is 13.4. The number of hydrogen-bond acceptors (Lipinski definition) is 5. The fraction of sp³-hybridized carbons (Fsp3) is 0.233. The molecule has 0 saturated carbocycles. The van der Waals surface area contributed by atoms with Crippen LogP contribution in [0.25, 0.3) is 0 Å². The Morgan fingerprint density at radius 3 is 1.65 bits per heavy atom. The van der Waals surface area contributed by atoms with E-state index in [9.17, 15) is 9.59 Å². The van der Waals surface area contributed by atoms with E-state index in [1.807, 2.05) is 97.1 Å². The van der Waals surface area contributed by atoms with E-state index in [0.717, 1.165) is 30.9 Å². The fourth-order valence-corrected chi connectivity index (χ4v) is 6.93. The van der Waals surface area contributed by atoms with Crippen molar-refractivity contribution < 1.29 is 19.4 Å². The van der Waals surface area contributed by atoms with Gasteiger partial charge in [0.2, 0.25) is 0 Å². The summed E-state index contributed by atoms with van der Waals surface area (Å²) < 4.78 is 8.18. The van der Waals surface area contributed by atoms with Crippen molar-refractivity contribution in [1.29, 1.82) is 0 Å². The number of carbonyl (C=O) groups excluding carboxylic acids is 1. The summed E-state index contributed by atoms with van der Waals surface area (Å²) in [5.41, 5.74) is 3.07. The normalized spacial score (nSPS) is 12.8. The lowest BCUT2D eigenvalue weighted by Crippen LogP contribution is -2.34. The summed E-state index contributed by atoms with van der Waals surface area (Å²) in [6, 6.07) is 42.3. The first-order chi connectivity index (χ1) is 26.2. The molecular formula is C43H43Br5N2O4. The first-order valence-electron chi connectivity index (χ1n) is 17.4. The zero-order chi connectivity index (χ0) is 39.0. The molecule has 0 radical (unpaired) electrons. The molecule has 54 heavy (non-hydrogen) atoms. The van der Waals surface area contributed by atoms with Gasteiger partial charge >= 0.3 is 11.9 Å². The number of amidine groups is 1. The monoisotopic (exact) mass is 1050 g/mol. The molecule has 0 spiro atoms. The Labute approximate surface area is 361 Å². The van der Waals surface area contributed by atoms with Crippen molar-refractivity contribution in [2.75, 3.05) is 19.6 Å². The standard InChI is InChI=1S/C14H10Br2O2.C9H16N2.C7H4Br2O2.C7H7Br.C6H6/c15-11-6-7-13(16)12(8-11)14(17)18-9-10-4-2-1-3-5-10;1-2-5-9-10-6-4-8-11(9)7-3-1;8-4-1-2-6(9)5(3-4)7(10)11;8-6-7-4-2-1-3-5-7;1-2-4-6-5-3-1/h1-8H,9H2;1-8H2;1-3H,(H,10,11);1-5H,6H2;1-6H. The number of alkyl halides is 1. The molecule has 11 heteroatoms. The van der Waals surface area contributed by atoms with Gasteiger partial charge in [-0.15, -0.1) is 0 Å². The number of rotatable bonds is 5. The molecule has 5 aromatic carbocycles. The van der Waals surface area contributed by atoms with Crippen molar-refractivity contribution in [3.8, 4) is 0 Å². The lowest BCUT2D eigenvalue weighted by atomic mass is 10.2. The molecule has 2 aliphatic heterocycles. The number of halogens is 5. The Hall–Kier alpha value is -3.09. The molecule has 0 bridgehead atoms. The van der Waals surface area contributed by atoms with Crippen LogP contribution in [-0.4, -0.2) is 47.4 Å². The van der Waals surface area contributed by atoms with E-state index >= 15 is 0 Å². The largest absolute Gasteiger partial charge is 0.478 e. The highest BCUT2D eigenvalue weighted by Gasteiger charge is 2.16. The van der Waals surface area contributed by atoms with Crippen LogP contribution in [0, 0.1) is 0 Å². The maximum atomic E-state index is 11.9. The lowest BCUT2D eigenvalue weighted by molar-refractivity contribution is 0.0471. The van der Waals surface area contributed by atoms with Gasteiger partial charge in [0.15, 0.2) is 0 Å². The summed E-state index contributed by atoms with van der Waals surface area (Å²) in [5.74, 6) is 0.124. The number of ether oxygens (including phenoxy) is 1. The average Bonchev–Trinajstić information content (AvgIpc) is 3.47. The van der Waals surface area contributed by atoms with Gasteiger partial charge in [0, 0.05) is 49.3 Å². The van der Waals surface area contributed by atoms with Crippen LogP contribution in [0.2, 0.25) is 0 Å². The number of benzene rings is 5. The SMILES string of the molecule is BrCc1ccccc1.C1CCC2=NCCCN2CC1.O=C(O)c1cc(Br)ccc1Br.O=C(OCc1ccccc1)c1cc(Br)ccc1Br.c1ccccc1. The third kappa shape index (κ3) is 18.0. The summed E-state index contributed by atoms with van der Waals surface area (Å²) in [5, 5.41) is 9.59. The number of esters is 1. The summed E-state index contributed by atoms with van der Waals surface area (Å²) in [7, 11) is 0. The van der Waals surface area contributed by atoms with Gasteiger partial charge < -0.3 is 14.7 Å². The van der Waals surface area contributed by atoms with Gasteiger partial charge in [0.05, 0.1) is 17.0 Å². The number of carboxylic acids is 1. The molecule has 5 aromatic rings. The number of nitrogens with zero attached hydrogens (tertiary/aromatic N) is 2. The number of aromatic carboxylic acids is 1. The number of carboxylic acid groups (broad SMARTS) is 1. The quantitative estimate of drug-likeness (QED) is 0.140. The number of fused-ring (bicyclic) bond motifs is 1. The minimum absolute atomic E-state index is 0.263. The van der Waals surface area contributed by atoms with Crippen LogP contribution in [0.4, 0.5) is 0 Å². The van der Waals surface area contributed by atoms with E-state index in [-0.39, 0.29) is 18.1 Å². The minimum atomic E-state index is -0.932. The third-order valence-electron chi connectivity index (χ3n) is 7.76. The molecule has 0 atom stereocenters. The van der Waals surface area contributed by atoms with E-state index < -0.39 is 5.97 Å². The maximum absolute atomic E-state index is 11.9. The second-order valence-corrected chi connectivity index (χ2v) is 15.9. The van der Waals surface area contributed by atoms with Gasteiger partial charge in [-0.1, -0.05) is 151 Å². The highest BCUT2D eigenvalue weighted by molar-refractivity contribution is 9.11. The highest BCUT2D eigenvalue weighted by Crippen LogP contribution is 2.23. The molecule has 284 valence electrons. The summed E-state index contributed by atoms with van der Waals surface area (Å²) >= 11 is 16.3. The van der Waals surface area contributed by atoms with E-state index in [1.54, 1.807) is 24.3 Å². The molecule has 0 aromatic heterocycles. The van der Waals surface area contributed by atoms with Crippen molar-refractivity contribution in [3.63, 3.8) is 0 Å². The number of carbonyl (C=O) groups is 2. The Kier molecular flexibility index (Phi) is 22.4. The Bertz CT molecular complexity index is 1840. The van der Waals surface area contributed by atoms with Crippen molar-refractivity contribution in [1.82, 2.24) is 4.90 Å². The average molecular weight is 1050 g/mol. The van der Waals surface area contributed by atoms with E-state index in [0.29, 0.717) is 10.0 Å². The van der Waals surface area contributed by atoms with Crippen LogP contribution >= 0.6 is 79.6 Å². The van der Waals surface area contributed by atoms with Crippen molar-refractivity contribution in [3.05, 3.63) is 174 Å². The van der Waals surface area contributed by atoms with Crippen LogP contribution < -0.4 is 0 Å². The highest BCUT2D eigenvalue weighted by atomic mass is 79.9. The fourth-order valence-electron chi connectivity index (χ4n) is 5.01. The predicted molar refractivity (Wildman–Crippen MR) is 239 cm³/mol. The first kappa shape index (κ1) is 45.3. The molecular weight excluding hydrogens is 1010 g/mol. The smallest absolute Gasteiger partial charge is 0.339 e. The van der Waals surface area contributed by atoms with Crippen LogP contribution in [-0.2, 0) is 16.7 Å². The van der Waals surface area contributed by atoms with Crippen molar-refractivity contribution in [2.24, 2.45) is 4.99 Å². The van der Waals surface area contributed by atoms with Crippen molar-refractivity contribution in [2.45, 2.75) is 44.0 Å². The molecule has 1 saturated heterocycles. The Morgan fingerprint density at radius 2 is 1.13 bits per heavy atom. The van der Waals surface area contributed by atoms with Gasteiger partial charge in [0.1, 0.15) is 6.61 Å². The second-order valence-electron chi connectivity index (χ2n) is 11.8. The molecule has 0 unspecified atom stereocenters. The van der Waals surface area contributed by atoms with Gasteiger partial charge in [-0.2, -0.15) is 0 Å². The lowest BCUT2D eigenvalue weighted by Gasteiger charge is -2.27. The maximum Gasteiger partial charge on any atom is 0.339 e. The Balaban J connectivity index is 0.000000191. The molecule has 1 N–H and O–H groups in total. The van der Waals surface area contributed by atoms with E-state index in [1.165, 1.54) is 56.6 Å². The molecule has 2 heterocycles. The topological polar surface area (TPSA) is 79.2 Å². The summed E-state index contributed by atoms with van der Waals surface area (Å²) in [4.78, 5) is 29.5. The molecule has 7 rings (SSSR count). The molecule has 2 aliphatic rings. The zero-order valence-corrected chi connectivity index (χ0v) is 37.7. The first-order valence-corrected chi connectivity index (χ1v) is 21.7.